The third kappa shape index (κ3) is 4.49. The zero-order chi connectivity index (χ0) is 26.8. The Balaban J connectivity index is 1.61. The minimum Gasteiger partial charge on any atom is -0.497 e. The van der Waals surface area contributed by atoms with Crippen molar-refractivity contribution >= 4 is 16.9 Å². The van der Waals surface area contributed by atoms with Crippen molar-refractivity contribution < 1.29 is 27.8 Å². The predicted molar refractivity (Wildman–Crippen MR) is 141 cm³/mol. The lowest BCUT2D eigenvalue weighted by Crippen LogP contribution is -2.31. The minimum atomic E-state index is -0.762. The first-order valence-corrected chi connectivity index (χ1v) is 12.1. The van der Waals surface area contributed by atoms with E-state index in [1.807, 2.05) is 24.3 Å². The number of methoxy groups -OCH3 is 2. The molecule has 1 aromatic heterocycles. The quantitative estimate of drug-likeness (QED) is 0.282. The zero-order valence-electron chi connectivity index (χ0n) is 21.0. The predicted octanol–water partition coefficient (Wildman–Crippen LogP) is 5.30. The molecule has 0 radical (unpaired) electrons. The van der Waals surface area contributed by atoms with Gasteiger partial charge in [0.05, 0.1) is 31.2 Å². The van der Waals surface area contributed by atoms with E-state index in [1.165, 1.54) is 19.2 Å². The van der Waals surface area contributed by atoms with Crippen LogP contribution in [-0.4, -0.2) is 38.2 Å². The zero-order valence-corrected chi connectivity index (χ0v) is 21.0. The molecule has 7 nitrogen and oxygen atoms in total. The normalized spacial score (nSPS) is 14.4. The van der Waals surface area contributed by atoms with Crippen LogP contribution in [0.15, 0.2) is 82.5 Å². The maximum Gasteiger partial charge on any atom is 0.290 e. The Bertz CT molecular complexity index is 1580. The van der Waals surface area contributed by atoms with Gasteiger partial charge in [-0.05, 0) is 60.0 Å². The number of carbonyl (C=O) groups excluding carboxylic acids is 1. The SMILES string of the molecule is C=CCOc1ccc(C2c3c(oc4ccc(F)cc4c3=O)C(=O)N2CCc2ccc(OC)cc2)cc1OC. The van der Waals surface area contributed by atoms with Gasteiger partial charge in [0.1, 0.15) is 23.8 Å². The van der Waals surface area contributed by atoms with E-state index >= 15 is 0 Å². The molecule has 8 heteroatoms. The van der Waals surface area contributed by atoms with Crippen LogP contribution < -0.4 is 19.6 Å². The van der Waals surface area contributed by atoms with Gasteiger partial charge in [0, 0.05) is 6.54 Å². The van der Waals surface area contributed by atoms with E-state index in [2.05, 4.69) is 6.58 Å². The Kier molecular flexibility index (Phi) is 6.87. The fourth-order valence-corrected chi connectivity index (χ4v) is 4.73. The van der Waals surface area contributed by atoms with Gasteiger partial charge in [-0.25, -0.2) is 4.39 Å². The Morgan fingerprint density at radius 1 is 1.00 bits per heavy atom. The van der Waals surface area contributed by atoms with Crippen molar-refractivity contribution in [3.63, 3.8) is 0 Å². The molecule has 0 N–H and O–H groups in total. The van der Waals surface area contributed by atoms with Crippen molar-refractivity contribution in [3.05, 3.63) is 112 Å². The molecule has 0 saturated heterocycles. The molecule has 1 amide bonds. The molecule has 1 unspecified atom stereocenters. The van der Waals surface area contributed by atoms with Gasteiger partial charge in [-0.1, -0.05) is 30.9 Å². The molecule has 1 atom stereocenters. The van der Waals surface area contributed by atoms with Crippen LogP contribution >= 0.6 is 0 Å². The third-order valence-electron chi connectivity index (χ3n) is 6.59. The molecule has 1 aliphatic rings. The fraction of sp³-hybridized carbons (Fsp3) is 0.200. The highest BCUT2D eigenvalue weighted by molar-refractivity contribution is 5.99. The van der Waals surface area contributed by atoms with Crippen LogP contribution in [0.1, 0.15) is 33.3 Å². The van der Waals surface area contributed by atoms with Crippen LogP contribution in [-0.2, 0) is 6.42 Å². The lowest BCUT2D eigenvalue weighted by Gasteiger charge is -2.26. The monoisotopic (exact) mass is 515 g/mol. The van der Waals surface area contributed by atoms with E-state index in [0.29, 0.717) is 30.0 Å². The Labute approximate surface area is 218 Å². The van der Waals surface area contributed by atoms with Crippen molar-refractivity contribution in [1.29, 1.82) is 0 Å². The first-order valence-electron chi connectivity index (χ1n) is 12.1. The van der Waals surface area contributed by atoms with E-state index < -0.39 is 23.2 Å². The molecular weight excluding hydrogens is 489 g/mol. The number of carbonyl (C=O) groups is 1. The van der Waals surface area contributed by atoms with Crippen LogP contribution in [0.4, 0.5) is 4.39 Å². The highest BCUT2D eigenvalue weighted by Gasteiger charge is 2.42. The van der Waals surface area contributed by atoms with Gasteiger partial charge < -0.3 is 23.5 Å². The van der Waals surface area contributed by atoms with Crippen LogP contribution in [0.3, 0.4) is 0 Å². The summed E-state index contributed by atoms with van der Waals surface area (Å²) in [6.07, 6.45) is 2.15. The first-order chi connectivity index (χ1) is 18.4. The summed E-state index contributed by atoms with van der Waals surface area (Å²) in [5.41, 5.74) is 1.51. The lowest BCUT2D eigenvalue weighted by atomic mass is 9.97. The summed E-state index contributed by atoms with van der Waals surface area (Å²) >= 11 is 0. The Morgan fingerprint density at radius 3 is 2.50 bits per heavy atom. The minimum absolute atomic E-state index is 0.0419. The number of halogens is 1. The topological polar surface area (TPSA) is 78.2 Å². The summed E-state index contributed by atoms with van der Waals surface area (Å²) < 4.78 is 36.4. The smallest absolute Gasteiger partial charge is 0.290 e. The summed E-state index contributed by atoms with van der Waals surface area (Å²) in [7, 11) is 3.11. The van der Waals surface area contributed by atoms with Gasteiger partial charge in [0.25, 0.3) is 5.91 Å². The molecular formula is C30H26FNO6. The molecule has 5 rings (SSSR count). The molecule has 0 saturated carbocycles. The Morgan fingerprint density at radius 2 is 1.79 bits per heavy atom. The van der Waals surface area contributed by atoms with Crippen molar-refractivity contribution in [2.75, 3.05) is 27.4 Å². The summed E-state index contributed by atoms with van der Waals surface area (Å²) in [6, 6.07) is 15.7. The molecule has 2 heterocycles. The molecule has 3 aromatic carbocycles. The van der Waals surface area contributed by atoms with Crippen molar-refractivity contribution in [3.8, 4) is 17.2 Å². The molecule has 0 spiro atoms. The molecule has 38 heavy (non-hydrogen) atoms. The van der Waals surface area contributed by atoms with E-state index in [9.17, 15) is 14.0 Å². The largest absolute Gasteiger partial charge is 0.497 e. The maximum absolute atomic E-state index is 14.0. The molecule has 0 fully saturated rings. The number of fused-ring (bicyclic) bond motifs is 2. The molecule has 0 bridgehead atoms. The van der Waals surface area contributed by atoms with Gasteiger partial charge in [0.2, 0.25) is 5.76 Å². The number of hydrogen-bond acceptors (Lipinski definition) is 6. The van der Waals surface area contributed by atoms with Crippen LogP contribution in [0.5, 0.6) is 17.2 Å². The standard InChI is InChI=1S/C30H26FNO6/c1-4-15-37-24-11-7-19(16-25(24)36-3)27-26-28(33)22-17-20(31)8-12-23(22)38-29(26)30(34)32(27)14-13-18-5-9-21(35-2)10-6-18/h4-12,16-17,27H,1,13-15H2,2-3H3. The number of amides is 1. The van der Waals surface area contributed by atoms with E-state index in [1.54, 1.807) is 36.3 Å². The molecule has 1 aliphatic heterocycles. The highest BCUT2D eigenvalue weighted by atomic mass is 19.1. The van der Waals surface area contributed by atoms with Gasteiger partial charge in [-0.2, -0.15) is 0 Å². The summed E-state index contributed by atoms with van der Waals surface area (Å²) in [5, 5.41) is 0.0801. The first kappa shape index (κ1) is 25.1. The number of hydrogen-bond donors (Lipinski definition) is 0. The lowest BCUT2D eigenvalue weighted by molar-refractivity contribution is 0.0730. The highest BCUT2D eigenvalue weighted by Crippen LogP contribution is 2.41. The summed E-state index contributed by atoms with van der Waals surface area (Å²) in [4.78, 5) is 28.9. The maximum atomic E-state index is 14.0. The number of nitrogens with zero attached hydrogens (tertiary/aromatic N) is 1. The van der Waals surface area contributed by atoms with Crippen LogP contribution in [0, 0.1) is 5.82 Å². The van der Waals surface area contributed by atoms with Gasteiger partial charge in [0.15, 0.2) is 16.9 Å². The van der Waals surface area contributed by atoms with Crippen molar-refractivity contribution in [2.45, 2.75) is 12.5 Å². The van der Waals surface area contributed by atoms with E-state index in [0.717, 1.165) is 17.4 Å². The van der Waals surface area contributed by atoms with Gasteiger partial charge in [-0.15, -0.1) is 0 Å². The van der Waals surface area contributed by atoms with Crippen molar-refractivity contribution in [2.24, 2.45) is 0 Å². The average molecular weight is 516 g/mol. The molecule has 194 valence electrons. The fourth-order valence-electron chi connectivity index (χ4n) is 4.73. The second kappa shape index (κ2) is 10.4. The van der Waals surface area contributed by atoms with Crippen molar-refractivity contribution in [1.82, 2.24) is 4.90 Å². The number of rotatable bonds is 9. The molecule has 0 aliphatic carbocycles. The number of benzene rings is 3. The van der Waals surface area contributed by atoms with Gasteiger partial charge in [-0.3, -0.25) is 9.59 Å². The average Bonchev–Trinajstić information content (AvgIpc) is 3.22. The second-order valence-corrected chi connectivity index (χ2v) is 8.82. The summed E-state index contributed by atoms with van der Waals surface area (Å²) in [5.74, 6) is 0.658. The van der Waals surface area contributed by atoms with Crippen LogP contribution in [0.25, 0.3) is 11.0 Å². The third-order valence-corrected chi connectivity index (χ3v) is 6.59. The van der Waals surface area contributed by atoms with E-state index in [4.69, 9.17) is 18.6 Å². The van der Waals surface area contributed by atoms with E-state index in [-0.39, 0.29) is 28.9 Å². The Hall–Kier alpha value is -4.59. The van der Waals surface area contributed by atoms with Crippen LogP contribution in [0.2, 0.25) is 0 Å². The number of ether oxygens (including phenoxy) is 3. The second-order valence-electron chi connectivity index (χ2n) is 8.82. The summed E-state index contributed by atoms with van der Waals surface area (Å²) in [6.45, 7) is 4.26. The van der Waals surface area contributed by atoms with Gasteiger partial charge >= 0.3 is 0 Å². The molecule has 4 aromatic rings.